The molecule has 0 unspecified atom stereocenters. The van der Waals surface area contributed by atoms with Crippen molar-refractivity contribution in [3.8, 4) is 5.69 Å². The first-order chi connectivity index (χ1) is 11.4. The van der Waals surface area contributed by atoms with Crippen molar-refractivity contribution in [1.29, 1.82) is 0 Å². The smallest absolute Gasteiger partial charge is 0.331 e. The number of rotatable bonds is 5. The van der Waals surface area contributed by atoms with Crippen LogP contribution in [-0.2, 0) is 14.3 Å². The molecule has 24 heavy (non-hydrogen) atoms. The minimum Gasteiger partial charge on any atom is -0.452 e. The number of para-hydroxylation sites is 1. The molecule has 0 aliphatic heterocycles. The predicted octanol–water partition coefficient (Wildman–Crippen LogP) is 2.13. The molecule has 0 atom stereocenters. The highest BCUT2D eigenvalue weighted by molar-refractivity contribution is 5.89. The normalized spacial score (nSPS) is 10.8. The Labute approximate surface area is 141 Å². The van der Waals surface area contributed by atoms with E-state index in [0.717, 1.165) is 22.6 Å². The van der Waals surface area contributed by atoms with Gasteiger partial charge in [-0.2, -0.15) is 5.10 Å². The van der Waals surface area contributed by atoms with E-state index in [4.69, 9.17) is 4.74 Å². The first kappa shape index (κ1) is 17.5. The number of aryl methyl sites for hydroxylation is 1. The largest absolute Gasteiger partial charge is 0.452 e. The van der Waals surface area contributed by atoms with E-state index in [1.807, 2.05) is 48.9 Å². The van der Waals surface area contributed by atoms with Crippen LogP contribution in [-0.4, -0.2) is 47.3 Å². The summed E-state index contributed by atoms with van der Waals surface area (Å²) in [6.45, 7) is 3.55. The highest BCUT2D eigenvalue weighted by atomic mass is 16.5. The number of esters is 1. The summed E-state index contributed by atoms with van der Waals surface area (Å²) in [5.74, 6) is -0.822. The van der Waals surface area contributed by atoms with Gasteiger partial charge in [0, 0.05) is 31.4 Å². The third-order valence-corrected chi connectivity index (χ3v) is 3.57. The van der Waals surface area contributed by atoms with Crippen LogP contribution in [0.3, 0.4) is 0 Å². The summed E-state index contributed by atoms with van der Waals surface area (Å²) >= 11 is 0. The van der Waals surface area contributed by atoms with Gasteiger partial charge in [0.25, 0.3) is 5.91 Å². The van der Waals surface area contributed by atoms with Crippen LogP contribution in [0.4, 0.5) is 0 Å². The average Bonchev–Trinajstić information content (AvgIpc) is 2.85. The lowest BCUT2D eigenvalue weighted by Gasteiger charge is -2.09. The fourth-order valence-electron chi connectivity index (χ4n) is 2.18. The maximum absolute atomic E-state index is 11.7. The lowest BCUT2D eigenvalue weighted by Crippen LogP contribution is -2.27. The number of hydrogen-bond acceptors (Lipinski definition) is 4. The van der Waals surface area contributed by atoms with E-state index in [1.54, 1.807) is 20.2 Å². The van der Waals surface area contributed by atoms with Gasteiger partial charge >= 0.3 is 5.97 Å². The van der Waals surface area contributed by atoms with Gasteiger partial charge in [0.05, 0.1) is 11.4 Å². The number of nitrogens with zero attached hydrogens (tertiary/aromatic N) is 3. The van der Waals surface area contributed by atoms with Crippen molar-refractivity contribution >= 4 is 18.0 Å². The number of benzene rings is 1. The number of amides is 1. The molecule has 0 aliphatic carbocycles. The molecular weight excluding hydrogens is 306 g/mol. The van der Waals surface area contributed by atoms with Crippen molar-refractivity contribution < 1.29 is 14.3 Å². The molecular formula is C18H21N3O3. The zero-order valence-corrected chi connectivity index (χ0v) is 14.3. The maximum atomic E-state index is 11.7. The monoisotopic (exact) mass is 327 g/mol. The fraction of sp³-hybridized carbons (Fsp3) is 0.278. The molecule has 1 aromatic carbocycles. The number of ether oxygens (including phenoxy) is 1. The van der Waals surface area contributed by atoms with Crippen LogP contribution in [0.25, 0.3) is 11.8 Å². The van der Waals surface area contributed by atoms with Gasteiger partial charge < -0.3 is 9.64 Å². The molecule has 0 radical (unpaired) electrons. The lowest BCUT2D eigenvalue weighted by molar-refractivity contribution is -0.146. The highest BCUT2D eigenvalue weighted by Crippen LogP contribution is 2.19. The second kappa shape index (κ2) is 7.59. The summed E-state index contributed by atoms with van der Waals surface area (Å²) in [6, 6.07) is 9.77. The van der Waals surface area contributed by atoms with Gasteiger partial charge in [-0.3, -0.25) is 4.79 Å². The van der Waals surface area contributed by atoms with E-state index in [-0.39, 0.29) is 12.5 Å². The van der Waals surface area contributed by atoms with Crippen molar-refractivity contribution in [2.75, 3.05) is 20.7 Å². The number of aromatic nitrogens is 2. The number of hydrogen-bond donors (Lipinski definition) is 0. The lowest BCUT2D eigenvalue weighted by atomic mass is 10.2. The molecule has 1 aromatic heterocycles. The van der Waals surface area contributed by atoms with Crippen molar-refractivity contribution in [2.45, 2.75) is 13.8 Å². The molecule has 2 rings (SSSR count). The zero-order valence-electron chi connectivity index (χ0n) is 14.3. The van der Waals surface area contributed by atoms with Gasteiger partial charge in [-0.05, 0) is 32.1 Å². The Morgan fingerprint density at radius 3 is 2.50 bits per heavy atom. The van der Waals surface area contributed by atoms with Crippen molar-refractivity contribution in [2.24, 2.45) is 0 Å². The van der Waals surface area contributed by atoms with Gasteiger partial charge in [0.2, 0.25) is 0 Å². The maximum Gasteiger partial charge on any atom is 0.331 e. The third-order valence-electron chi connectivity index (χ3n) is 3.57. The van der Waals surface area contributed by atoms with E-state index in [9.17, 15) is 9.59 Å². The van der Waals surface area contributed by atoms with Crippen molar-refractivity contribution in [3.63, 3.8) is 0 Å². The minimum atomic E-state index is -0.559. The summed E-state index contributed by atoms with van der Waals surface area (Å²) < 4.78 is 6.74. The van der Waals surface area contributed by atoms with Gasteiger partial charge in [0.1, 0.15) is 0 Å². The first-order valence-electron chi connectivity index (χ1n) is 7.56. The topological polar surface area (TPSA) is 64.4 Å². The SMILES string of the molecule is Cc1nn(-c2ccccc2)c(C)c1C=CC(=O)OCC(=O)N(C)C. The Morgan fingerprint density at radius 2 is 1.88 bits per heavy atom. The molecule has 0 spiro atoms. The molecule has 0 aliphatic rings. The van der Waals surface area contributed by atoms with Gasteiger partial charge in [-0.15, -0.1) is 0 Å². The van der Waals surface area contributed by atoms with E-state index in [1.165, 1.54) is 11.0 Å². The average molecular weight is 327 g/mol. The summed E-state index contributed by atoms with van der Waals surface area (Å²) in [4.78, 5) is 24.5. The second-order valence-electron chi connectivity index (χ2n) is 5.56. The molecule has 1 amide bonds. The van der Waals surface area contributed by atoms with E-state index >= 15 is 0 Å². The molecule has 6 heteroatoms. The van der Waals surface area contributed by atoms with E-state index in [2.05, 4.69) is 5.10 Å². The molecule has 2 aromatic rings. The molecule has 0 saturated heterocycles. The summed E-state index contributed by atoms with van der Waals surface area (Å²) in [7, 11) is 3.22. The van der Waals surface area contributed by atoms with Crippen LogP contribution >= 0.6 is 0 Å². The van der Waals surface area contributed by atoms with E-state index in [0.29, 0.717) is 0 Å². The Morgan fingerprint density at radius 1 is 1.21 bits per heavy atom. The van der Waals surface area contributed by atoms with Crippen LogP contribution in [0, 0.1) is 13.8 Å². The zero-order chi connectivity index (χ0) is 17.7. The Bertz CT molecular complexity index is 761. The van der Waals surface area contributed by atoms with Crippen molar-refractivity contribution in [1.82, 2.24) is 14.7 Å². The first-order valence-corrected chi connectivity index (χ1v) is 7.56. The number of carbonyl (C=O) groups is 2. The summed E-state index contributed by atoms with van der Waals surface area (Å²) in [5, 5.41) is 4.51. The Kier molecular flexibility index (Phi) is 5.52. The van der Waals surface area contributed by atoms with Crippen LogP contribution in [0.5, 0.6) is 0 Å². The predicted molar refractivity (Wildman–Crippen MR) is 91.7 cm³/mol. The molecule has 0 bridgehead atoms. The van der Waals surface area contributed by atoms with Crippen LogP contribution in [0.15, 0.2) is 36.4 Å². The third kappa shape index (κ3) is 4.10. The number of carbonyl (C=O) groups excluding carboxylic acids is 2. The highest BCUT2D eigenvalue weighted by Gasteiger charge is 2.11. The van der Waals surface area contributed by atoms with Crippen LogP contribution in [0.2, 0.25) is 0 Å². The molecule has 6 nitrogen and oxygen atoms in total. The van der Waals surface area contributed by atoms with E-state index < -0.39 is 5.97 Å². The summed E-state index contributed by atoms with van der Waals surface area (Å²) in [6.07, 6.45) is 2.98. The Hall–Kier alpha value is -2.89. The van der Waals surface area contributed by atoms with Gasteiger partial charge in [0.15, 0.2) is 6.61 Å². The standard InChI is InChI=1S/C18H21N3O3/c1-13-16(10-11-18(23)24-12-17(22)20(3)4)14(2)21(19-13)15-8-6-5-7-9-15/h5-11H,12H2,1-4H3. The molecule has 0 saturated carbocycles. The molecule has 1 heterocycles. The minimum absolute atomic E-state index is 0.263. The Balaban J connectivity index is 2.11. The quantitative estimate of drug-likeness (QED) is 0.623. The van der Waals surface area contributed by atoms with Crippen LogP contribution < -0.4 is 0 Å². The van der Waals surface area contributed by atoms with Crippen LogP contribution in [0.1, 0.15) is 17.0 Å². The van der Waals surface area contributed by atoms with Gasteiger partial charge in [-0.25, -0.2) is 9.48 Å². The van der Waals surface area contributed by atoms with Gasteiger partial charge in [-0.1, -0.05) is 18.2 Å². The second-order valence-corrected chi connectivity index (χ2v) is 5.56. The fourth-order valence-corrected chi connectivity index (χ4v) is 2.18. The summed E-state index contributed by atoms with van der Waals surface area (Å²) in [5.41, 5.74) is 3.54. The molecule has 0 N–H and O–H groups in total. The number of likely N-dealkylation sites (N-methyl/N-ethyl adjacent to an activating group) is 1. The molecule has 0 fully saturated rings. The molecule has 126 valence electrons. The van der Waals surface area contributed by atoms with Crippen molar-refractivity contribution in [3.05, 3.63) is 53.4 Å².